The van der Waals surface area contributed by atoms with Gasteiger partial charge in [0, 0.05) is 18.2 Å². The molecule has 1 atom stereocenters. The Labute approximate surface area is 253 Å². The quantitative estimate of drug-likeness (QED) is 0.306. The lowest BCUT2D eigenvalue weighted by Gasteiger charge is -2.35. The largest absolute Gasteiger partial charge is 0.493 e. The fourth-order valence-electron chi connectivity index (χ4n) is 4.51. The van der Waals surface area contributed by atoms with Gasteiger partial charge >= 0.3 is 0 Å². The molecule has 0 bridgehead atoms. The van der Waals surface area contributed by atoms with Crippen molar-refractivity contribution in [3.05, 3.63) is 83.7 Å². The molecule has 3 rings (SSSR count). The van der Waals surface area contributed by atoms with Crippen molar-refractivity contribution in [3.63, 3.8) is 0 Å². The Morgan fingerprint density at radius 1 is 0.930 bits per heavy atom. The number of rotatable bonds is 12. The van der Waals surface area contributed by atoms with Gasteiger partial charge < -0.3 is 19.7 Å². The van der Waals surface area contributed by atoms with Crippen LogP contribution in [0.2, 0.25) is 0 Å². The van der Waals surface area contributed by atoms with E-state index in [0.29, 0.717) is 11.3 Å². The standard InChI is InChI=1S/C32H40FN3O6S/c1-8-27(31(38)34-32(3,4)5)35(20-23-11-13-24(33)14-12-23)30(37)21-36(25-15-18-28(41-6)29(19-25)42-7)43(39,40)26-16-9-22(2)10-17-26/h9-19,27H,8,20-21H2,1-7H3,(H,34,38)/t27-/m0/s1. The number of amides is 2. The van der Waals surface area contributed by atoms with E-state index in [9.17, 15) is 22.4 Å². The second kappa shape index (κ2) is 13.9. The molecule has 1 N–H and O–H groups in total. The molecule has 0 aliphatic carbocycles. The number of carbonyl (C=O) groups excluding carboxylic acids is 2. The maximum absolute atomic E-state index is 14.2. The van der Waals surface area contributed by atoms with Gasteiger partial charge in [0.2, 0.25) is 11.8 Å². The van der Waals surface area contributed by atoms with Crippen LogP contribution in [0, 0.1) is 12.7 Å². The van der Waals surface area contributed by atoms with E-state index in [1.807, 2.05) is 27.7 Å². The van der Waals surface area contributed by atoms with Gasteiger partial charge in [-0.1, -0.05) is 36.8 Å². The molecule has 0 aliphatic heterocycles. The molecule has 9 nitrogen and oxygen atoms in total. The molecule has 0 aliphatic rings. The summed E-state index contributed by atoms with van der Waals surface area (Å²) < 4.78 is 53.6. The molecule has 0 radical (unpaired) electrons. The molecule has 0 saturated heterocycles. The van der Waals surface area contributed by atoms with Crippen molar-refractivity contribution in [2.24, 2.45) is 0 Å². The van der Waals surface area contributed by atoms with Crippen molar-refractivity contribution in [2.75, 3.05) is 25.1 Å². The molecule has 0 fully saturated rings. The lowest BCUT2D eigenvalue weighted by Crippen LogP contribution is -2.55. The monoisotopic (exact) mass is 613 g/mol. The molecule has 11 heteroatoms. The minimum Gasteiger partial charge on any atom is -0.493 e. The van der Waals surface area contributed by atoms with Crippen molar-refractivity contribution in [1.29, 1.82) is 0 Å². The Bertz CT molecular complexity index is 1520. The van der Waals surface area contributed by atoms with Crippen LogP contribution in [0.15, 0.2) is 71.6 Å². The van der Waals surface area contributed by atoms with Crippen molar-refractivity contribution < 1.29 is 31.9 Å². The van der Waals surface area contributed by atoms with E-state index in [4.69, 9.17) is 9.47 Å². The normalized spacial score (nSPS) is 12.3. The summed E-state index contributed by atoms with van der Waals surface area (Å²) in [6, 6.07) is 15.5. The Balaban J connectivity index is 2.12. The molecular weight excluding hydrogens is 573 g/mol. The van der Waals surface area contributed by atoms with E-state index in [2.05, 4.69) is 5.32 Å². The Kier molecular flexibility index (Phi) is 10.8. The third kappa shape index (κ3) is 8.47. The van der Waals surface area contributed by atoms with Gasteiger partial charge in [-0.15, -0.1) is 0 Å². The van der Waals surface area contributed by atoms with E-state index < -0.39 is 39.9 Å². The van der Waals surface area contributed by atoms with Crippen LogP contribution in [0.4, 0.5) is 10.1 Å². The zero-order valence-corrected chi connectivity index (χ0v) is 26.5. The molecule has 232 valence electrons. The highest BCUT2D eigenvalue weighted by atomic mass is 32.2. The second-order valence-electron chi connectivity index (χ2n) is 11.2. The molecule has 0 spiro atoms. The lowest BCUT2D eigenvalue weighted by atomic mass is 10.1. The number of anilines is 1. The number of benzene rings is 3. The van der Waals surface area contributed by atoms with E-state index in [1.165, 1.54) is 67.7 Å². The van der Waals surface area contributed by atoms with Gasteiger partial charge in [0.25, 0.3) is 10.0 Å². The van der Waals surface area contributed by atoms with Crippen LogP contribution in [-0.4, -0.2) is 57.5 Å². The van der Waals surface area contributed by atoms with Crippen LogP contribution < -0.4 is 19.1 Å². The van der Waals surface area contributed by atoms with Crippen LogP contribution in [0.25, 0.3) is 0 Å². The first kappa shape index (κ1) is 33.4. The fourth-order valence-corrected chi connectivity index (χ4v) is 5.91. The summed E-state index contributed by atoms with van der Waals surface area (Å²) in [7, 11) is -1.38. The van der Waals surface area contributed by atoms with Gasteiger partial charge in [-0.3, -0.25) is 13.9 Å². The third-order valence-electron chi connectivity index (χ3n) is 6.69. The fraction of sp³-hybridized carbons (Fsp3) is 0.375. The molecule has 0 saturated carbocycles. The zero-order valence-electron chi connectivity index (χ0n) is 25.7. The predicted molar refractivity (Wildman–Crippen MR) is 164 cm³/mol. The van der Waals surface area contributed by atoms with Gasteiger partial charge in [-0.05, 0) is 76.1 Å². The maximum atomic E-state index is 14.2. The van der Waals surface area contributed by atoms with Gasteiger partial charge in [-0.25, -0.2) is 12.8 Å². The first-order valence-corrected chi connectivity index (χ1v) is 15.3. The number of carbonyl (C=O) groups is 2. The number of halogens is 1. The summed E-state index contributed by atoms with van der Waals surface area (Å²) in [6.07, 6.45) is 0.260. The van der Waals surface area contributed by atoms with Gasteiger partial charge in [0.05, 0.1) is 24.8 Å². The maximum Gasteiger partial charge on any atom is 0.264 e. The molecule has 3 aromatic rings. The number of nitrogens with one attached hydrogen (secondary N) is 1. The summed E-state index contributed by atoms with van der Waals surface area (Å²) >= 11 is 0. The number of methoxy groups -OCH3 is 2. The van der Waals surface area contributed by atoms with E-state index in [0.717, 1.165) is 9.87 Å². The van der Waals surface area contributed by atoms with E-state index in [-0.39, 0.29) is 35.2 Å². The Hall–Kier alpha value is -4.12. The van der Waals surface area contributed by atoms with Gasteiger partial charge in [0.15, 0.2) is 11.5 Å². The number of ether oxygens (including phenoxy) is 2. The number of hydrogen-bond acceptors (Lipinski definition) is 6. The van der Waals surface area contributed by atoms with E-state index in [1.54, 1.807) is 25.1 Å². The summed E-state index contributed by atoms with van der Waals surface area (Å²) in [5.41, 5.74) is 1.04. The number of hydrogen-bond donors (Lipinski definition) is 1. The Morgan fingerprint density at radius 3 is 2.07 bits per heavy atom. The minimum atomic E-state index is -4.26. The third-order valence-corrected chi connectivity index (χ3v) is 8.48. The highest BCUT2D eigenvalue weighted by Gasteiger charge is 2.35. The average Bonchev–Trinajstić information content (AvgIpc) is 2.95. The molecular formula is C32H40FN3O6S. The summed E-state index contributed by atoms with van der Waals surface area (Å²) in [5, 5.41) is 2.92. The highest BCUT2D eigenvalue weighted by Crippen LogP contribution is 2.34. The van der Waals surface area contributed by atoms with Crippen molar-refractivity contribution in [2.45, 2.75) is 64.1 Å². The van der Waals surface area contributed by atoms with Crippen LogP contribution >= 0.6 is 0 Å². The van der Waals surface area contributed by atoms with Crippen LogP contribution in [0.1, 0.15) is 45.2 Å². The first-order valence-electron chi connectivity index (χ1n) is 13.9. The molecule has 43 heavy (non-hydrogen) atoms. The second-order valence-corrected chi connectivity index (χ2v) is 13.0. The number of aryl methyl sites for hydroxylation is 1. The molecule has 3 aromatic carbocycles. The van der Waals surface area contributed by atoms with Crippen LogP contribution in [-0.2, 0) is 26.2 Å². The molecule has 0 heterocycles. The van der Waals surface area contributed by atoms with Crippen molar-refractivity contribution in [1.82, 2.24) is 10.2 Å². The van der Waals surface area contributed by atoms with Crippen LogP contribution in [0.3, 0.4) is 0 Å². The van der Waals surface area contributed by atoms with Crippen LogP contribution in [0.5, 0.6) is 11.5 Å². The topological polar surface area (TPSA) is 105 Å². The predicted octanol–water partition coefficient (Wildman–Crippen LogP) is 5.07. The Morgan fingerprint density at radius 2 is 1.53 bits per heavy atom. The first-order chi connectivity index (χ1) is 20.2. The lowest BCUT2D eigenvalue weighted by molar-refractivity contribution is -0.141. The zero-order chi connectivity index (χ0) is 31.9. The van der Waals surface area contributed by atoms with Gasteiger partial charge in [0.1, 0.15) is 18.4 Å². The molecule has 0 aromatic heterocycles. The smallest absolute Gasteiger partial charge is 0.264 e. The molecule has 0 unspecified atom stereocenters. The average molecular weight is 614 g/mol. The van der Waals surface area contributed by atoms with Gasteiger partial charge in [-0.2, -0.15) is 0 Å². The minimum absolute atomic E-state index is 0.0108. The van der Waals surface area contributed by atoms with Crippen molar-refractivity contribution in [3.8, 4) is 11.5 Å². The summed E-state index contributed by atoms with van der Waals surface area (Å²) in [5.74, 6) is -0.790. The highest BCUT2D eigenvalue weighted by molar-refractivity contribution is 7.92. The summed E-state index contributed by atoms with van der Waals surface area (Å²) in [4.78, 5) is 28.9. The number of sulfonamides is 1. The van der Waals surface area contributed by atoms with Crippen molar-refractivity contribution >= 4 is 27.5 Å². The summed E-state index contributed by atoms with van der Waals surface area (Å²) in [6.45, 7) is 8.44. The molecule has 2 amide bonds. The number of nitrogens with zero attached hydrogens (tertiary/aromatic N) is 2. The SMILES string of the molecule is CC[C@@H](C(=O)NC(C)(C)C)N(Cc1ccc(F)cc1)C(=O)CN(c1ccc(OC)c(OC)c1)S(=O)(=O)c1ccc(C)cc1. The van der Waals surface area contributed by atoms with E-state index >= 15 is 0 Å².